The highest BCUT2D eigenvalue weighted by Gasteiger charge is 2.35. The largest absolute Gasteiger partial charge is 0.463 e. The minimum Gasteiger partial charge on any atom is -0.463 e. The predicted octanol–water partition coefficient (Wildman–Crippen LogP) is 3.19. The van der Waals surface area contributed by atoms with Crippen LogP contribution in [0.2, 0.25) is 0 Å². The molecule has 3 aromatic heterocycles. The summed E-state index contributed by atoms with van der Waals surface area (Å²) >= 11 is 2.75. The summed E-state index contributed by atoms with van der Waals surface area (Å²) in [6, 6.07) is 18.3. The lowest BCUT2D eigenvalue weighted by atomic mass is 9.97. The molecule has 4 heterocycles. The smallest absolute Gasteiger partial charge is 0.338 e. The van der Waals surface area contributed by atoms with Crippen molar-refractivity contribution in [2.45, 2.75) is 13.0 Å². The summed E-state index contributed by atoms with van der Waals surface area (Å²) in [6.45, 7) is 1.96. The number of thiazole rings is 1. The van der Waals surface area contributed by atoms with Gasteiger partial charge in [-0.1, -0.05) is 53.8 Å². The van der Waals surface area contributed by atoms with Crippen molar-refractivity contribution in [2.75, 3.05) is 6.61 Å². The molecule has 0 saturated heterocycles. The van der Waals surface area contributed by atoms with E-state index in [2.05, 4.69) is 0 Å². The normalized spacial score (nSPS) is 15.5. The van der Waals surface area contributed by atoms with E-state index in [1.165, 1.54) is 22.7 Å². The third-order valence-corrected chi connectivity index (χ3v) is 8.69. The number of ether oxygens (including phenoxy) is 1. The standard InChI is InChI=1S/C29H24N4O4S2/c1-4-37-27(35)23-24(18-9-6-5-7-10-18)30-28-33(25(23)21-11-8-14-38-21)26(34)22(39-28)16-17-12-13-19-20(15-17)32(3)29(36)31(19)2/h5-16,25H,4H2,1-3H3/b22-16+/t25-/m1/s1. The van der Waals surface area contributed by atoms with Crippen LogP contribution in [-0.2, 0) is 23.6 Å². The van der Waals surface area contributed by atoms with Gasteiger partial charge in [-0.05, 0) is 42.1 Å². The Bertz CT molecular complexity index is 2010. The van der Waals surface area contributed by atoms with Gasteiger partial charge in [-0.3, -0.25) is 18.5 Å². The fraction of sp³-hybridized carbons (Fsp3) is 0.172. The van der Waals surface area contributed by atoms with Gasteiger partial charge in [-0.2, -0.15) is 0 Å². The van der Waals surface area contributed by atoms with Crippen molar-refractivity contribution in [1.29, 1.82) is 0 Å². The molecule has 8 nitrogen and oxygen atoms in total. The number of nitrogens with zero attached hydrogens (tertiary/aromatic N) is 4. The SMILES string of the molecule is CCOC(=O)C1=C(c2ccccc2)N=c2s/c(=C/c3ccc4c(c3)n(C)c(=O)n4C)c(=O)n2[C@@H]1c1cccs1. The molecule has 196 valence electrons. The van der Waals surface area contributed by atoms with Crippen LogP contribution in [0.1, 0.15) is 29.0 Å². The van der Waals surface area contributed by atoms with E-state index >= 15 is 0 Å². The van der Waals surface area contributed by atoms with Gasteiger partial charge in [0.2, 0.25) is 0 Å². The van der Waals surface area contributed by atoms with Gasteiger partial charge in [0, 0.05) is 24.5 Å². The van der Waals surface area contributed by atoms with E-state index in [1.54, 1.807) is 34.7 Å². The van der Waals surface area contributed by atoms with Crippen molar-refractivity contribution >= 4 is 51.4 Å². The molecule has 0 fully saturated rings. The van der Waals surface area contributed by atoms with Crippen molar-refractivity contribution < 1.29 is 9.53 Å². The summed E-state index contributed by atoms with van der Waals surface area (Å²) < 4.78 is 10.7. The molecule has 10 heteroatoms. The summed E-state index contributed by atoms with van der Waals surface area (Å²) in [5, 5.41) is 1.93. The number of carbonyl (C=O) groups is 1. The summed E-state index contributed by atoms with van der Waals surface area (Å²) in [4.78, 5) is 45.9. The molecular formula is C29H24N4O4S2. The van der Waals surface area contributed by atoms with Crippen LogP contribution in [0.3, 0.4) is 0 Å². The Morgan fingerprint density at radius 2 is 1.79 bits per heavy atom. The zero-order valence-corrected chi connectivity index (χ0v) is 23.1. The second-order valence-electron chi connectivity index (χ2n) is 9.10. The number of thiophene rings is 1. The summed E-state index contributed by atoms with van der Waals surface area (Å²) in [6.07, 6.45) is 1.81. The third kappa shape index (κ3) is 4.12. The number of aryl methyl sites for hydroxylation is 2. The third-order valence-electron chi connectivity index (χ3n) is 6.78. The number of benzene rings is 2. The summed E-state index contributed by atoms with van der Waals surface area (Å²) in [5.74, 6) is -0.497. The highest BCUT2D eigenvalue weighted by molar-refractivity contribution is 7.10. The molecule has 0 N–H and O–H groups in total. The average Bonchev–Trinajstić information content (AvgIpc) is 3.64. The van der Waals surface area contributed by atoms with E-state index in [0.717, 1.165) is 27.0 Å². The Hall–Kier alpha value is -4.28. The fourth-order valence-electron chi connectivity index (χ4n) is 4.92. The molecule has 0 saturated carbocycles. The Balaban J connectivity index is 1.61. The molecule has 0 unspecified atom stereocenters. The summed E-state index contributed by atoms with van der Waals surface area (Å²) in [5.41, 5.74) is 3.63. The monoisotopic (exact) mass is 556 g/mol. The number of esters is 1. The first-order valence-corrected chi connectivity index (χ1v) is 14.1. The fourth-order valence-corrected chi connectivity index (χ4v) is 6.75. The number of hydrogen-bond acceptors (Lipinski definition) is 7. The first-order chi connectivity index (χ1) is 18.9. The summed E-state index contributed by atoms with van der Waals surface area (Å²) in [7, 11) is 3.46. The number of imidazole rings is 1. The Morgan fingerprint density at radius 3 is 2.51 bits per heavy atom. The van der Waals surface area contributed by atoms with Gasteiger partial charge in [0.25, 0.3) is 5.56 Å². The maximum absolute atomic E-state index is 13.9. The zero-order chi connectivity index (χ0) is 27.3. The lowest BCUT2D eigenvalue weighted by Crippen LogP contribution is -2.39. The molecule has 1 atom stereocenters. The second-order valence-corrected chi connectivity index (χ2v) is 11.1. The highest BCUT2D eigenvalue weighted by atomic mass is 32.1. The lowest BCUT2D eigenvalue weighted by Gasteiger charge is -2.24. The molecule has 6 rings (SSSR count). The number of rotatable bonds is 5. The minimum atomic E-state index is -0.671. The molecule has 5 aromatic rings. The van der Waals surface area contributed by atoms with Crippen LogP contribution >= 0.6 is 22.7 Å². The van der Waals surface area contributed by atoms with Crippen LogP contribution in [0.25, 0.3) is 22.8 Å². The molecular weight excluding hydrogens is 532 g/mol. The average molecular weight is 557 g/mol. The van der Waals surface area contributed by atoms with Crippen LogP contribution in [0, 0.1) is 0 Å². The topological polar surface area (TPSA) is 87.6 Å². The first kappa shape index (κ1) is 25.0. The van der Waals surface area contributed by atoms with E-state index in [4.69, 9.17) is 9.73 Å². The first-order valence-electron chi connectivity index (χ1n) is 12.4. The minimum absolute atomic E-state index is 0.114. The van der Waals surface area contributed by atoms with Crippen LogP contribution in [0.5, 0.6) is 0 Å². The highest BCUT2D eigenvalue weighted by Crippen LogP contribution is 2.36. The molecule has 0 bridgehead atoms. The number of aromatic nitrogens is 3. The van der Waals surface area contributed by atoms with Crippen LogP contribution < -0.4 is 20.6 Å². The van der Waals surface area contributed by atoms with Gasteiger partial charge in [0.05, 0.1) is 33.4 Å². The maximum Gasteiger partial charge on any atom is 0.338 e. The predicted molar refractivity (Wildman–Crippen MR) is 154 cm³/mol. The zero-order valence-electron chi connectivity index (χ0n) is 21.5. The van der Waals surface area contributed by atoms with E-state index in [0.29, 0.717) is 20.6 Å². The van der Waals surface area contributed by atoms with Gasteiger partial charge < -0.3 is 4.74 Å². The molecule has 0 aliphatic carbocycles. The van der Waals surface area contributed by atoms with Gasteiger partial charge >= 0.3 is 11.7 Å². The van der Waals surface area contributed by atoms with Crippen molar-refractivity contribution in [3.63, 3.8) is 0 Å². The number of fused-ring (bicyclic) bond motifs is 2. The van der Waals surface area contributed by atoms with Gasteiger partial charge in [-0.25, -0.2) is 14.6 Å². The Labute approximate surface area is 230 Å². The quantitative estimate of drug-likeness (QED) is 0.311. The molecule has 0 amide bonds. The molecule has 1 aliphatic rings. The molecule has 0 radical (unpaired) electrons. The number of carbonyl (C=O) groups excluding carboxylic acids is 1. The van der Waals surface area contributed by atoms with Gasteiger partial charge in [0.1, 0.15) is 6.04 Å². The lowest BCUT2D eigenvalue weighted by molar-refractivity contribution is -0.138. The molecule has 0 spiro atoms. The van der Waals surface area contributed by atoms with Gasteiger partial charge in [-0.15, -0.1) is 11.3 Å². The van der Waals surface area contributed by atoms with Crippen molar-refractivity contribution in [3.05, 3.63) is 118 Å². The second kappa shape index (κ2) is 9.79. The van der Waals surface area contributed by atoms with E-state index < -0.39 is 12.0 Å². The number of hydrogen-bond donors (Lipinski definition) is 0. The molecule has 2 aromatic carbocycles. The van der Waals surface area contributed by atoms with Crippen LogP contribution in [0.15, 0.2) is 86.2 Å². The maximum atomic E-state index is 13.9. The van der Waals surface area contributed by atoms with Gasteiger partial charge in [0.15, 0.2) is 4.80 Å². The van der Waals surface area contributed by atoms with E-state index in [-0.39, 0.29) is 17.9 Å². The molecule has 1 aliphatic heterocycles. The van der Waals surface area contributed by atoms with Crippen molar-refractivity contribution in [1.82, 2.24) is 13.7 Å². The van der Waals surface area contributed by atoms with E-state index in [9.17, 15) is 14.4 Å². The van der Waals surface area contributed by atoms with Crippen molar-refractivity contribution in [3.8, 4) is 0 Å². The van der Waals surface area contributed by atoms with E-state index in [1.807, 2.05) is 72.1 Å². The molecule has 39 heavy (non-hydrogen) atoms. The van der Waals surface area contributed by atoms with Crippen molar-refractivity contribution in [2.24, 2.45) is 19.1 Å². The van der Waals surface area contributed by atoms with Crippen LogP contribution in [-0.4, -0.2) is 26.3 Å². The Morgan fingerprint density at radius 1 is 1.03 bits per heavy atom. The Kier molecular flexibility index (Phi) is 6.28. The van der Waals surface area contributed by atoms with Crippen LogP contribution in [0.4, 0.5) is 0 Å².